The van der Waals surface area contributed by atoms with E-state index in [1.54, 1.807) is 0 Å². The lowest BCUT2D eigenvalue weighted by Gasteiger charge is -2.24. The van der Waals surface area contributed by atoms with Crippen LogP contribution in [0, 0.1) is 5.41 Å². The fourth-order valence-corrected chi connectivity index (χ4v) is 1.74. The number of nitrogens with one attached hydrogen (secondary N) is 2. The van der Waals surface area contributed by atoms with Gasteiger partial charge >= 0.3 is 0 Å². The molecule has 0 bridgehead atoms. The molecule has 1 rings (SSSR count). The van der Waals surface area contributed by atoms with Crippen LogP contribution in [0.1, 0.15) is 39.4 Å². The molecule has 0 aliphatic carbocycles. The molecule has 1 aromatic heterocycles. The zero-order chi connectivity index (χ0) is 13.6. The number of hydrogen-bond acceptors (Lipinski definition) is 4. The van der Waals surface area contributed by atoms with Gasteiger partial charge in [-0.05, 0) is 18.3 Å². The lowest BCUT2D eigenvalue weighted by atomic mass is 9.88. The molecule has 3 N–H and O–H groups in total. The SMILES string of the molecule is CCc1nc(NCC(C)(C)CCCO)cc(=O)[nH]1. The normalized spacial score (nSPS) is 11.6. The van der Waals surface area contributed by atoms with E-state index >= 15 is 0 Å². The predicted octanol–water partition coefficient (Wildman–Crippen LogP) is 1.54. The Morgan fingerprint density at radius 3 is 2.83 bits per heavy atom. The van der Waals surface area contributed by atoms with Gasteiger partial charge in [0.05, 0.1) is 0 Å². The number of aryl methyl sites for hydroxylation is 1. The predicted molar refractivity (Wildman–Crippen MR) is 72.8 cm³/mol. The molecule has 0 fully saturated rings. The molecule has 5 nitrogen and oxygen atoms in total. The molecule has 5 heteroatoms. The van der Waals surface area contributed by atoms with Crippen molar-refractivity contribution < 1.29 is 5.11 Å². The van der Waals surface area contributed by atoms with E-state index in [1.165, 1.54) is 6.07 Å². The van der Waals surface area contributed by atoms with Crippen molar-refractivity contribution in [1.29, 1.82) is 0 Å². The second-order valence-electron chi connectivity index (χ2n) is 5.28. The summed E-state index contributed by atoms with van der Waals surface area (Å²) < 4.78 is 0. The highest BCUT2D eigenvalue weighted by Crippen LogP contribution is 2.22. The Morgan fingerprint density at radius 1 is 1.50 bits per heavy atom. The molecule has 0 aliphatic rings. The van der Waals surface area contributed by atoms with Crippen LogP contribution in [0.4, 0.5) is 5.82 Å². The molecule has 0 saturated carbocycles. The fraction of sp³-hybridized carbons (Fsp3) is 0.692. The maximum absolute atomic E-state index is 11.4. The van der Waals surface area contributed by atoms with Crippen molar-refractivity contribution in [3.8, 4) is 0 Å². The van der Waals surface area contributed by atoms with E-state index in [4.69, 9.17) is 5.11 Å². The van der Waals surface area contributed by atoms with Gasteiger partial charge in [-0.2, -0.15) is 0 Å². The first-order chi connectivity index (χ1) is 8.46. The molecule has 0 unspecified atom stereocenters. The van der Waals surface area contributed by atoms with Crippen LogP contribution in [0.2, 0.25) is 0 Å². The van der Waals surface area contributed by atoms with Crippen molar-refractivity contribution in [2.24, 2.45) is 5.41 Å². The minimum Gasteiger partial charge on any atom is -0.396 e. The van der Waals surface area contributed by atoms with Gasteiger partial charge in [0.1, 0.15) is 11.6 Å². The summed E-state index contributed by atoms with van der Waals surface area (Å²) in [7, 11) is 0. The molecule has 0 atom stereocenters. The number of hydrogen-bond donors (Lipinski definition) is 3. The highest BCUT2D eigenvalue weighted by Gasteiger charge is 2.17. The standard InChI is InChI=1S/C13H23N3O2/c1-4-10-15-11(8-12(18)16-10)14-9-13(2,3)6-5-7-17/h8,17H,4-7,9H2,1-3H3,(H2,14,15,16,18). The van der Waals surface area contributed by atoms with Crippen molar-refractivity contribution in [2.75, 3.05) is 18.5 Å². The van der Waals surface area contributed by atoms with E-state index in [-0.39, 0.29) is 17.6 Å². The lowest BCUT2D eigenvalue weighted by molar-refractivity contribution is 0.248. The number of aromatic nitrogens is 2. The molecule has 0 radical (unpaired) electrons. The summed E-state index contributed by atoms with van der Waals surface area (Å²) in [6.07, 6.45) is 2.43. The number of nitrogens with zero attached hydrogens (tertiary/aromatic N) is 1. The van der Waals surface area contributed by atoms with Crippen LogP contribution in [-0.4, -0.2) is 28.2 Å². The van der Waals surface area contributed by atoms with Gasteiger partial charge in [0.25, 0.3) is 5.56 Å². The first-order valence-corrected chi connectivity index (χ1v) is 6.42. The van der Waals surface area contributed by atoms with Gasteiger partial charge in [0, 0.05) is 25.6 Å². The third-order valence-corrected chi connectivity index (χ3v) is 2.89. The zero-order valence-corrected chi connectivity index (χ0v) is 11.4. The molecule has 102 valence electrons. The van der Waals surface area contributed by atoms with Crippen molar-refractivity contribution in [2.45, 2.75) is 40.0 Å². The minimum absolute atomic E-state index is 0.0688. The molecule has 0 saturated heterocycles. The highest BCUT2D eigenvalue weighted by atomic mass is 16.2. The largest absolute Gasteiger partial charge is 0.396 e. The Hall–Kier alpha value is -1.36. The van der Waals surface area contributed by atoms with Gasteiger partial charge in [-0.15, -0.1) is 0 Å². The molecule has 0 aliphatic heterocycles. The number of rotatable bonds is 7. The van der Waals surface area contributed by atoms with E-state index in [1.807, 2.05) is 6.92 Å². The van der Waals surface area contributed by atoms with E-state index in [9.17, 15) is 4.79 Å². The molecule has 0 amide bonds. The Balaban J connectivity index is 2.62. The summed E-state index contributed by atoms with van der Waals surface area (Å²) in [4.78, 5) is 18.4. The number of anilines is 1. The topological polar surface area (TPSA) is 78.0 Å². The summed E-state index contributed by atoms with van der Waals surface area (Å²) in [5, 5.41) is 12.0. The van der Waals surface area contributed by atoms with E-state index in [0.29, 0.717) is 18.1 Å². The second-order valence-corrected chi connectivity index (χ2v) is 5.28. The van der Waals surface area contributed by atoms with Gasteiger partial charge in [-0.1, -0.05) is 20.8 Å². The summed E-state index contributed by atoms with van der Waals surface area (Å²) in [6, 6.07) is 1.47. The quantitative estimate of drug-likeness (QED) is 0.689. The zero-order valence-electron chi connectivity index (χ0n) is 11.4. The average molecular weight is 253 g/mol. The van der Waals surface area contributed by atoms with Gasteiger partial charge in [0.15, 0.2) is 0 Å². The molecule has 1 aromatic rings. The summed E-state index contributed by atoms with van der Waals surface area (Å²) in [5.74, 6) is 1.31. The number of aliphatic hydroxyl groups is 1. The van der Waals surface area contributed by atoms with Crippen LogP contribution in [-0.2, 0) is 6.42 Å². The van der Waals surface area contributed by atoms with Gasteiger partial charge in [0.2, 0.25) is 0 Å². The summed E-state index contributed by atoms with van der Waals surface area (Å²) in [6.45, 7) is 7.15. The van der Waals surface area contributed by atoms with Crippen molar-refractivity contribution in [3.63, 3.8) is 0 Å². The lowest BCUT2D eigenvalue weighted by Crippen LogP contribution is -2.25. The van der Waals surface area contributed by atoms with Crippen LogP contribution in [0.3, 0.4) is 0 Å². The first kappa shape index (κ1) is 14.7. The van der Waals surface area contributed by atoms with Crippen molar-refractivity contribution >= 4 is 5.82 Å². The van der Waals surface area contributed by atoms with Crippen LogP contribution in [0.15, 0.2) is 10.9 Å². The Bertz CT molecular complexity index is 426. The van der Waals surface area contributed by atoms with E-state index < -0.39 is 0 Å². The van der Waals surface area contributed by atoms with Crippen LogP contribution in [0.5, 0.6) is 0 Å². The van der Waals surface area contributed by atoms with Gasteiger partial charge < -0.3 is 15.4 Å². The second kappa shape index (κ2) is 6.54. The average Bonchev–Trinajstić information content (AvgIpc) is 2.33. The van der Waals surface area contributed by atoms with Crippen LogP contribution < -0.4 is 10.9 Å². The third kappa shape index (κ3) is 4.87. The third-order valence-electron chi connectivity index (χ3n) is 2.89. The molecule has 1 heterocycles. The Labute approximate surface area is 108 Å². The maximum atomic E-state index is 11.4. The number of H-pyrrole nitrogens is 1. The van der Waals surface area contributed by atoms with Gasteiger partial charge in [-0.25, -0.2) is 4.98 Å². The molecule has 18 heavy (non-hydrogen) atoms. The molecule has 0 spiro atoms. The van der Waals surface area contributed by atoms with Crippen LogP contribution >= 0.6 is 0 Å². The van der Waals surface area contributed by atoms with Gasteiger partial charge in [-0.3, -0.25) is 4.79 Å². The molecule has 0 aromatic carbocycles. The number of aromatic amines is 1. The molecular weight excluding hydrogens is 230 g/mol. The van der Waals surface area contributed by atoms with E-state index in [2.05, 4.69) is 29.1 Å². The van der Waals surface area contributed by atoms with E-state index in [0.717, 1.165) is 19.4 Å². The Morgan fingerprint density at radius 2 is 2.22 bits per heavy atom. The first-order valence-electron chi connectivity index (χ1n) is 6.42. The smallest absolute Gasteiger partial charge is 0.252 e. The fourth-order valence-electron chi connectivity index (χ4n) is 1.74. The summed E-state index contributed by atoms with van der Waals surface area (Å²) in [5.41, 5.74) is -0.0585. The minimum atomic E-state index is -0.127. The maximum Gasteiger partial charge on any atom is 0.252 e. The van der Waals surface area contributed by atoms with Crippen LogP contribution in [0.25, 0.3) is 0 Å². The number of aliphatic hydroxyl groups excluding tert-OH is 1. The van der Waals surface area contributed by atoms with Crippen molar-refractivity contribution in [1.82, 2.24) is 9.97 Å². The highest BCUT2D eigenvalue weighted by molar-refractivity contribution is 5.33. The molecular formula is C13H23N3O2. The summed E-state index contributed by atoms with van der Waals surface area (Å²) >= 11 is 0. The Kier molecular flexibility index (Phi) is 5.34. The van der Waals surface area contributed by atoms with Crippen molar-refractivity contribution in [3.05, 3.63) is 22.2 Å². The monoisotopic (exact) mass is 253 g/mol.